The zero-order valence-electron chi connectivity index (χ0n) is 19.8. The van der Waals surface area contributed by atoms with E-state index in [1.807, 2.05) is 0 Å². The molecule has 0 saturated carbocycles. The van der Waals surface area contributed by atoms with Gasteiger partial charge in [0.1, 0.15) is 0 Å². The van der Waals surface area contributed by atoms with E-state index < -0.39 is 36.1 Å². The normalized spacial score (nSPS) is 15.3. The highest BCUT2D eigenvalue weighted by Crippen LogP contribution is 2.31. The fraction of sp³-hybridized carbons (Fsp3) is 0.333. The van der Waals surface area contributed by atoms with Crippen molar-refractivity contribution in [2.75, 3.05) is 32.2 Å². The summed E-state index contributed by atoms with van der Waals surface area (Å²) in [5.74, 6) is -2.02. The predicted octanol–water partition coefficient (Wildman–Crippen LogP) is 2.48. The number of carbonyl (C=O) groups excluding carboxylic acids is 3. The molecule has 1 aliphatic rings. The molecular weight excluding hydrogens is 497 g/mol. The smallest absolute Gasteiger partial charge is 0.416 e. The van der Waals surface area contributed by atoms with Crippen LogP contribution in [-0.4, -0.2) is 56.9 Å². The monoisotopic (exact) mass is 522 g/mol. The van der Waals surface area contributed by atoms with Crippen LogP contribution in [0.1, 0.15) is 24.0 Å². The molecule has 0 radical (unpaired) electrons. The number of hydrogen-bond donors (Lipinski definition) is 3. The molecule has 198 valence electrons. The lowest BCUT2D eigenvalue weighted by atomic mass is 10.2. The highest BCUT2D eigenvalue weighted by Gasteiger charge is 2.30. The highest BCUT2D eigenvalue weighted by atomic mass is 19.4. The lowest BCUT2D eigenvalue weighted by Crippen LogP contribution is -2.41. The van der Waals surface area contributed by atoms with Gasteiger partial charge in [-0.25, -0.2) is 5.43 Å². The maximum atomic E-state index is 12.8. The third kappa shape index (κ3) is 8.49. The SMILES string of the molecule is COc1cc(/C=N\NC(=O)C(=O)NC[C@@H]2CCCO2)ccc1OCC(=O)Nc1cccc(C(F)(F)F)c1. The zero-order chi connectivity index (χ0) is 26.8. The molecule has 13 heteroatoms. The Labute approximate surface area is 210 Å². The average Bonchev–Trinajstić information content (AvgIpc) is 3.39. The minimum atomic E-state index is -4.53. The molecule has 1 saturated heterocycles. The van der Waals surface area contributed by atoms with Gasteiger partial charge in [0.05, 0.1) is 25.0 Å². The maximum absolute atomic E-state index is 12.8. The molecule has 0 unspecified atom stereocenters. The van der Waals surface area contributed by atoms with E-state index in [0.29, 0.717) is 12.2 Å². The van der Waals surface area contributed by atoms with Crippen molar-refractivity contribution in [3.8, 4) is 11.5 Å². The molecular formula is C24H25F3N4O6. The average molecular weight is 522 g/mol. The Balaban J connectivity index is 1.49. The molecule has 0 spiro atoms. The number of halogens is 3. The van der Waals surface area contributed by atoms with Gasteiger partial charge in [0.15, 0.2) is 18.1 Å². The molecule has 0 aliphatic carbocycles. The van der Waals surface area contributed by atoms with Gasteiger partial charge in [-0.05, 0) is 54.8 Å². The summed E-state index contributed by atoms with van der Waals surface area (Å²) >= 11 is 0. The molecule has 10 nitrogen and oxygen atoms in total. The molecule has 3 N–H and O–H groups in total. The van der Waals surface area contributed by atoms with E-state index in [2.05, 4.69) is 21.2 Å². The van der Waals surface area contributed by atoms with Crippen molar-refractivity contribution in [1.82, 2.24) is 10.7 Å². The summed E-state index contributed by atoms with van der Waals surface area (Å²) in [7, 11) is 1.37. The third-order valence-electron chi connectivity index (χ3n) is 5.12. The highest BCUT2D eigenvalue weighted by molar-refractivity contribution is 6.35. The summed E-state index contributed by atoms with van der Waals surface area (Å²) in [4.78, 5) is 35.8. The number of benzene rings is 2. The summed E-state index contributed by atoms with van der Waals surface area (Å²) in [5, 5.41) is 8.55. The number of anilines is 1. The number of rotatable bonds is 9. The van der Waals surface area contributed by atoms with Crippen LogP contribution in [0.3, 0.4) is 0 Å². The van der Waals surface area contributed by atoms with Crippen molar-refractivity contribution in [2.24, 2.45) is 5.10 Å². The quantitative estimate of drug-likeness (QED) is 0.264. The second-order valence-electron chi connectivity index (χ2n) is 7.87. The largest absolute Gasteiger partial charge is 0.493 e. The minimum absolute atomic E-state index is 0.0236. The first kappa shape index (κ1) is 27.5. The van der Waals surface area contributed by atoms with Crippen molar-refractivity contribution < 1.29 is 41.8 Å². The van der Waals surface area contributed by atoms with Gasteiger partial charge in [-0.15, -0.1) is 0 Å². The number of nitrogens with zero attached hydrogens (tertiary/aromatic N) is 1. The van der Waals surface area contributed by atoms with E-state index in [1.165, 1.54) is 37.6 Å². The van der Waals surface area contributed by atoms with Gasteiger partial charge in [-0.2, -0.15) is 18.3 Å². The van der Waals surface area contributed by atoms with Crippen molar-refractivity contribution in [2.45, 2.75) is 25.1 Å². The molecule has 2 aromatic rings. The lowest BCUT2D eigenvalue weighted by molar-refractivity contribution is -0.139. The van der Waals surface area contributed by atoms with Crippen molar-refractivity contribution in [1.29, 1.82) is 0 Å². The second-order valence-corrected chi connectivity index (χ2v) is 7.87. The third-order valence-corrected chi connectivity index (χ3v) is 5.12. The number of carbonyl (C=O) groups is 3. The molecule has 1 fully saturated rings. The van der Waals surface area contributed by atoms with Crippen LogP contribution in [0.4, 0.5) is 18.9 Å². The summed E-state index contributed by atoms with van der Waals surface area (Å²) in [6.45, 7) is 0.390. The Morgan fingerprint density at radius 1 is 1.14 bits per heavy atom. The molecule has 37 heavy (non-hydrogen) atoms. The van der Waals surface area contributed by atoms with Crippen LogP contribution in [0, 0.1) is 0 Å². The van der Waals surface area contributed by atoms with Gasteiger partial charge in [-0.3, -0.25) is 14.4 Å². The standard InChI is InChI=1S/C24H25F3N4O6/c1-35-20-10-15(12-29-31-23(34)22(33)28-13-18-6-3-9-36-18)7-8-19(20)37-14-21(32)30-17-5-2-4-16(11-17)24(25,26)27/h2,4-5,7-8,10-12,18H,3,6,9,13-14H2,1H3,(H,28,33)(H,30,32)(H,31,34)/b29-12-/t18-/m0/s1. The number of methoxy groups -OCH3 is 1. The molecule has 3 rings (SSSR count). The van der Waals surface area contributed by atoms with Crippen LogP contribution in [0.15, 0.2) is 47.6 Å². The fourth-order valence-electron chi connectivity index (χ4n) is 3.31. The number of alkyl halides is 3. The van der Waals surface area contributed by atoms with Crippen LogP contribution < -0.4 is 25.5 Å². The van der Waals surface area contributed by atoms with E-state index in [9.17, 15) is 27.6 Å². The molecule has 1 heterocycles. The van der Waals surface area contributed by atoms with E-state index in [4.69, 9.17) is 14.2 Å². The molecule has 1 atom stereocenters. The Morgan fingerprint density at radius 2 is 1.95 bits per heavy atom. The van der Waals surface area contributed by atoms with E-state index in [0.717, 1.165) is 25.0 Å². The summed E-state index contributed by atoms with van der Waals surface area (Å²) in [6, 6.07) is 8.77. The molecule has 1 aliphatic heterocycles. The summed E-state index contributed by atoms with van der Waals surface area (Å²) in [5.41, 5.74) is 1.69. The van der Waals surface area contributed by atoms with Gasteiger partial charge < -0.3 is 24.8 Å². The van der Waals surface area contributed by atoms with Gasteiger partial charge >= 0.3 is 18.0 Å². The Kier molecular flexibility index (Phi) is 9.44. The van der Waals surface area contributed by atoms with Crippen molar-refractivity contribution in [3.05, 3.63) is 53.6 Å². The van der Waals surface area contributed by atoms with Gasteiger partial charge in [-0.1, -0.05) is 6.07 Å². The van der Waals surface area contributed by atoms with Crippen LogP contribution in [0.2, 0.25) is 0 Å². The van der Waals surface area contributed by atoms with Crippen molar-refractivity contribution in [3.63, 3.8) is 0 Å². The van der Waals surface area contributed by atoms with E-state index >= 15 is 0 Å². The fourth-order valence-corrected chi connectivity index (χ4v) is 3.31. The minimum Gasteiger partial charge on any atom is -0.493 e. The zero-order valence-corrected chi connectivity index (χ0v) is 19.8. The number of amides is 3. The number of hydrazone groups is 1. The lowest BCUT2D eigenvalue weighted by Gasteiger charge is -2.12. The molecule has 2 aromatic carbocycles. The predicted molar refractivity (Wildman–Crippen MR) is 126 cm³/mol. The van der Waals surface area contributed by atoms with E-state index in [1.54, 1.807) is 6.07 Å². The van der Waals surface area contributed by atoms with Crippen LogP contribution in [0.5, 0.6) is 11.5 Å². The first-order valence-electron chi connectivity index (χ1n) is 11.2. The molecule has 0 bridgehead atoms. The Morgan fingerprint density at radius 3 is 2.65 bits per heavy atom. The topological polar surface area (TPSA) is 127 Å². The first-order valence-corrected chi connectivity index (χ1v) is 11.2. The first-order chi connectivity index (χ1) is 17.7. The van der Waals surface area contributed by atoms with Crippen molar-refractivity contribution >= 4 is 29.6 Å². The van der Waals surface area contributed by atoms with Crippen LogP contribution in [0.25, 0.3) is 0 Å². The maximum Gasteiger partial charge on any atom is 0.416 e. The summed E-state index contributed by atoms with van der Waals surface area (Å²) in [6.07, 6.45) is -1.62. The second kappa shape index (κ2) is 12.7. The number of hydrogen-bond acceptors (Lipinski definition) is 7. The van der Waals surface area contributed by atoms with Gasteiger partial charge in [0.2, 0.25) is 0 Å². The molecule has 0 aromatic heterocycles. The Bertz CT molecular complexity index is 1150. The van der Waals surface area contributed by atoms with Crippen LogP contribution >= 0.6 is 0 Å². The molecule has 3 amide bonds. The Hall–Kier alpha value is -4.13. The van der Waals surface area contributed by atoms with E-state index in [-0.39, 0.29) is 29.8 Å². The summed E-state index contributed by atoms with van der Waals surface area (Å²) < 4.78 is 54.5. The van der Waals surface area contributed by atoms with Gasteiger partial charge in [0.25, 0.3) is 5.91 Å². The number of ether oxygens (including phenoxy) is 3. The van der Waals surface area contributed by atoms with Crippen LogP contribution in [-0.2, 0) is 25.3 Å². The van der Waals surface area contributed by atoms with Gasteiger partial charge in [0, 0.05) is 18.8 Å². The number of nitrogens with one attached hydrogen (secondary N) is 3.